The molecule has 1 unspecified atom stereocenters. The number of aliphatic carboxylic acids is 2. The van der Waals surface area contributed by atoms with Crippen LogP contribution in [0.15, 0.2) is 24.3 Å². The quantitative estimate of drug-likeness (QED) is 0.439. The van der Waals surface area contributed by atoms with Gasteiger partial charge in [-0.25, -0.2) is 9.59 Å². The summed E-state index contributed by atoms with van der Waals surface area (Å²) in [5.74, 6) is -1.75. The summed E-state index contributed by atoms with van der Waals surface area (Å²) in [5.41, 5.74) is 1.65. The van der Waals surface area contributed by atoms with E-state index in [1.54, 1.807) is 0 Å². The first-order valence-electron chi connectivity index (χ1n) is 11.1. The van der Waals surface area contributed by atoms with Gasteiger partial charge in [-0.2, -0.15) is 0 Å². The molecule has 1 saturated heterocycles. The average molecular weight is 422 g/mol. The minimum atomic E-state index is -1.82. The Morgan fingerprint density at radius 3 is 2.27 bits per heavy atom. The summed E-state index contributed by atoms with van der Waals surface area (Å²) in [6, 6.07) is 8.69. The SMILES string of the molecule is CCC(C)(C)c1ccc(OCCCCCN2CCCC(C)C2)cc1.O=C(O)C(=O)O. The van der Waals surface area contributed by atoms with Gasteiger partial charge < -0.3 is 19.8 Å². The maximum Gasteiger partial charge on any atom is 0.414 e. The maximum absolute atomic E-state index is 9.10. The number of unbranched alkanes of at least 4 members (excludes halogenated alkanes) is 2. The lowest BCUT2D eigenvalue weighted by atomic mass is 9.82. The Bertz CT molecular complexity index is 630. The number of carboxylic acid groups (broad SMARTS) is 2. The molecule has 1 heterocycles. The zero-order valence-corrected chi connectivity index (χ0v) is 19.0. The Hall–Kier alpha value is -2.08. The second-order valence-corrected chi connectivity index (χ2v) is 8.83. The molecule has 0 aromatic heterocycles. The largest absolute Gasteiger partial charge is 0.494 e. The van der Waals surface area contributed by atoms with E-state index in [1.165, 1.54) is 50.9 Å². The van der Waals surface area contributed by atoms with E-state index < -0.39 is 11.9 Å². The van der Waals surface area contributed by atoms with Gasteiger partial charge in [-0.15, -0.1) is 0 Å². The fourth-order valence-corrected chi connectivity index (χ4v) is 3.50. The topological polar surface area (TPSA) is 87.1 Å². The summed E-state index contributed by atoms with van der Waals surface area (Å²) in [7, 11) is 0. The third kappa shape index (κ3) is 10.1. The van der Waals surface area contributed by atoms with Crippen LogP contribution in [-0.4, -0.2) is 53.3 Å². The van der Waals surface area contributed by atoms with Crippen LogP contribution >= 0.6 is 0 Å². The molecule has 0 amide bonds. The van der Waals surface area contributed by atoms with Crippen LogP contribution < -0.4 is 4.74 Å². The Morgan fingerprint density at radius 1 is 1.10 bits per heavy atom. The molecule has 1 aliphatic rings. The first-order chi connectivity index (χ1) is 14.2. The summed E-state index contributed by atoms with van der Waals surface area (Å²) in [5, 5.41) is 14.8. The lowest BCUT2D eigenvalue weighted by Gasteiger charge is -2.30. The molecule has 0 spiro atoms. The minimum Gasteiger partial charge on any atom is -0.494 e. The molecule has 2 N–H and O–H groups in total. The van der Waals surface area contributed by atoms with Crippen molar-refractivity contribution in [3.8, 4) is 5.75 Å². The summed E-state index contributed by atoms with van der Waals surface area (Å²) in [4.78, 5) is 20.8. The first-order valence-corrected chi connectivity index (χ1v) is 11.1. The third-order valence-corrected chi connectivity index (χ3v) is 5.83. The molecule has 0 bridgehead atoms. The van der Waals surface area contributed by atoms with Gasteiger partial charge in [0.2, 0.25) is 0 Å². The van der Waals surface area contributed by atoms with Crippen molar-refractivity contribution in [2.45, 2.75) is 71.6 Å². The number of piperidine rings is 1. The Balaban J connectivity index is 0.000000656. The van der Waals surface area contributed by atoms with Crippen LogP contribution in [0.5, 0.6) is 5.75 Å². The molecule has 1 fully saturated rings. The molecule has 30 heavy (non-hydrogen) atoms. The number of likely N-dealkylation sites (tertiary alicyclic amines) is 1. The Labute approximate surface area is 181 Å². The summed E-state index contributed by atoms with van der Waals surface area (Å²) in [6.45, 7) is 13.9. The first kappa shape index (κ1) is 26.0. The molecule has 2 rings (SSSR count). The van der Waals surface area contributed by atoms with Crippen LogP contribution in [0.4, 0.5) is 0 Å². The van der Waals surface area contributed by atoms with Gasteiger partial charge in [-0.1, -0.05) is 39.8 Å². The number of hydrogen-bond donors (Lipinski definition) is 2. The Kier molecular flexibility index (Phi) is 11.5. The van der Waals surface area contributed by atoms with Crippen molar-refractivity contribution in [2.24, 2.45) is 5.92 Å². The molecule has 170 valence electrons. The average Bonchev–Trinajstić information content (AvgIpc) is 2.71. The number of carboxylic acids is 2. The van der Waals surface area contributed by atoms with Gasteiger partial charge in [0.25, 0.3) is 0 Å². The molecule has 6 nitrogen and oxygen atoms in total. The number of nitrogens with zero attached hydrogens (tertiary/aromatic N) is 1. The van der Waals surface area contributed by atoms with Crippen molar-refractivity contribution in [1.82, 2.24) is 4.90 Å². The van der Waals surface area contributed by atoms with E-state index in [0.717, 1.165) is 31.1 Å². The standard InChI is InChI=1S/C22H37NO.C2H2O4/c1-5-22(3,4)20-11-13-21(14-12-20)24-17-8-6-7-15-23-16-9-10-19(2)18-23;3-1(4)2(5)6/h11-14,19H,5-10,15-18H2,1-4H3;(H,3,4)(H,5,6). The lowest BCUT2D eigenvalue weighted by Crippen LogP contribution is -2.34. The second kappa shape index (κ2) is 13.3. The molecule has 0 aliphatic carbocycles. The number of carbonyl (C=O) groups is 2. The van der Waals surface area contributed by atoms with Crippen molar-refractivity contribution in [2.75, 3.05) is 26.2 Å². The summed E-state index contributed by atoms with van der Waals surface area (Å²) in [6.07, 6.45) is 7.69. The van der Waals surface area contributed by atoms with Crippen molar-refractivity contribution >= 4 is 11.9 Å². The summed E-state index contributed by atoms with van der Waals surface area (Å²) < 4.78 is 5.90. The molecule has 1 aromatic rings. The van der Waals surface area contributed by atoms with Crippen LogP contribution in [0.25, 0.3) is 0 Å². The van der Waals surface area contributed by atoms with Gasteiger partial charge in [-0.3, -0.25) is 0 Å². The molecule has 1 atom stereocenters. The number of rotatable bonds is 9. The predicted molar refractivity (Wildman–Crippen MR) is 119 cm³/mol. The van der Waals surface area contributed by atoms with Crippen molar-refractivity contribution < 1.29 is 24.5 Å². The van der Waals surface area contributed by atoms with Gasteiger partial charge in [-0.05, 0) is 80.6 Å². The van der Waals surface area contributed by atoms with Gasteiger partial charge in [0.1, 0.15) is 5.75 Å². The molecular weight excluding hydrogens is 382 g/mol. The minimum absolute atomic E-state index is 0.254. The second-order valence-electron chi connectivity index (χ2n) is 8.83. The van der Waals surface area contributed by atoms with Crippen LogP contribution in [0.1, 0.15) is 71.8 Å². The van der Waals surface area contributed by atoms with Gasteiger partial charge >= 0.3 is 11.9 Å². The van der Waals surface area contributed by atoms with Crippen LogP contribution in [-0.2, 0) is 15.0 Å². The maximum atomic E-state index is 9.10. The molecule has 0 radical (unpaired) electrons. The van der Waals surface area contributed by atoms with Crippen LogP contribution in [0.2, 0.25) is 0 Å². The number of benzene rings is 1. The van der Waals surface area contributed by atoms with Gasteiger partial charge in [0.05, 0.1) is 6.61 Å². The molecule has 1 aromatic carbocycles. The fourth-order valence-electron chi connectivity index (χ4n) is 3.50. The monoisotopic (exact) mass is 421 g/mol. The third-order valence-electron chi connectivity index (χ3n) is 5.83. The molecule has 1 aliphatic heterocycles. The lowest BCUT2D eigenvalue weighted by molar-refractivity contribution is -0.159. The fraction of sp³-hybridized carbons (Fsp3) is 0.667. The van der Waals surface area contributed by atoms with E-state index in [9.17, 15) is 0 Å². The van der Waals surface area contributed by atoms with E-state index in [-0.39, 0.29) is 5.41 Å². The van der Waals surface area contributed by atoms with Crippen molar-refractivity contribution in [3.63, 3.8) is 0 Å². The zero-order chi connectivity index (χ0) is 22.6. The number of ether oxygens (including phenoxy) is 1. The van der Waals surface area contributed by atoms with E-state index in [1.807, 2.05) is 0 Å². The van der Waals surface area contributed by atoms with Crippen LogP contribution in [0.3, 0.4) is 0 Å². The van der Waals surface area contributed by atoms with Crippen molar-refractivity contribution in [1.29, 1.82) is 0 Å². The van der Waals surface area contributed by atoms with Crippen molar-refractivity contribution in [3.05, 3.63) is 29.8 Å². The van der Waals surface area contributed by atoms with Gasteiger partial charge in [0.15, 0.2) is 0 Å². The number of hydrogen-bond acceptors (Lipinski definition) is 4. The highest BCUT2D eigenvalue weighted by molar-refractivity contribution is 6.27. The zero-order valence-electron chi connectivity index (χ0n) is 19.0. The highest BCUT2D eigenvalue weighted by Crippen LogP contribution is 2.28. The van der Waals surface area contributed by atoms with Gasteiger partial charge in [0, 0.05) is 6.54 Å². The molecule has 6 heteroatoms. The van der Waals surface area contributed by atoms with E-state index >= 15 is 0 Å². The highest BCUT2D eigenvalue weighted by Gasteiger charge is 2.17. The molecule has 0 saturated carbocycles. The van der Waals surface area contributed by atoms with E-state index in [2.05, 4.69) is 56.9 Å². The van der Waals surface area contributed by atoms with E-state index in [4.69, 9.17) is 24.5 Å². The smallest absolute Gasteiger partial charge is 0.414 e. The molecular formula is C24H39NO5. The predicted octanol–water partition coefficient (Wildman–Crippen LogP) is 4.81. The highest BCUT2D eigenvalue weighted by atomic mass is 16.5. The van der Waals surface area contributed by atoms with E-state index in [0.29, 0.717) is 0 Å². The van der Waals surface area contributed by atoms with Crippen LogP contribution in [0, 0.1) is 5.92 Å². The Morgan fingerprint density at radius 2 is 1.73 bits per heavy atom. The summed E-state index contributed by atoms with van der Waals surface area (Å²) >= 11 is 0. The normalized spacial score (nSPS) is 17.0.